The van der Waals surface area contributed by atoms with Gasteiger partial charge in [-0.15, -0.1) is 0 Å². The van der Waals surface area contributed by atoms with E-state index in [4.69, 9.17) is 4.74 Å². The molecule has 0 aliphatic heterocycles. The molecule has 0 radical (unpaired) electrons. The van der Waals surface area contributed by atoms with Crippen LogP contribution in [0.15, 0.2) is 18.5 Å². The minimum Gasteiger partial charge on any atom is -0.383 e. The third-order valence-corrected chi connectivity index (χ3v) is 3.24. The van der Waals surface area contributed by atoms with Crippen LogP contribution in [0.1, 0.15) is 24.0 Å². The average molecular weight is 220 g/mol. The maximum absolute atomic E-state index is 5.25. The molecule has 3 heteroatoms. The van der Waals surface area contributed by atoms with Gasteiger partial charge in [0.25, 0.3) is 0 Å². The summed E-state index contributed by atoms with van der Waals surface area (Å²) in [4.78, 5) is 4.16. The van der Waals surface area contributed by atoms with E-state index in [0.29, 0.717) is 6.04 Å². The van der Waals surface area contributed by atoms with Gasteiger partial charge in [0, 0.05) is 32.1 Å². The Balaban J connectivity index is 1.87. The minimum atomic E-state index is 0.504. The summed E-state index contributed by atoms with van der Waals surface area (Å²) >= 11 is 0. The topological polar surface area (TPSA) is 34.1 Å². The lowest BCUT2D eigenvalue weighted by Crippen LogP contribution is -2.34. The van der Waals surface area contributed by atoms with Crippen LogP contribution in [-0.4, -0.2) is 24.7 Å². The minimum absolute atomic E-state index is 0.504. The zero-order valence-electron chi connectivity index (χ0n) is 10.1. The van der Waals surface area contributed by atoms with Gasteiger partial charge in [-0.3, -0.25) is 4.98 Å². The molecule has 1 atom stereocenters. The Morgan fingerprint density at radius 2 is 2.38 bits per heavy atom. The van der Waals surface area contributed by atoms with E-state index in [9.17, 15) is 0 Å². The number of hydrogen-bond acceptors (Lipinski definition) is 3. The van der Waals surface area contributed by atoms with Gasteiger partial charge in [0.1, 0.15) is 0 Å². The van der Waals surface area contributed by atoms with Gasteiger partial charge < -0.3 is 10.1 Å². The molecule has 16 heavy (non-hydrogen) atoms. The number of nitrogens with one attached hydrogen (secondary N) is 1. The first-order valence-electron chi connectivity index (χ1n) is 5.93. The third kappa shape index (κ3) is 3.03. The van der Waals surface area contributed by atoms with Crippen molar-refractivity contribution in [1.82, 2.24) is 10.3 Å². The molecule has 1 N–H and O–H groups in total. The molecule has 0 bridgehead atoms. The van der Waals surface area contributed by atoms with Crippen molar-refractivity contribution in [2.45, 2.75) is 32.4 Å². The Kier molecular flexibility index (Phi) is 3.91. The summed E-state index contributed by atoms with van der Waals surface area (Å²) in [5.41, 5.74) is 2.58. The normalized spacial score (nSPS) is 17.4. The summed E-state index contributed by atoms with van der Waals surface area (Å²) in [5, 5.41) is 3.57. The number of ether oxygens (including phenoxy) is 1. The summed E-state index contributed by atoms with van der Waals surface area (Å²) in [6, 6.07) is 2.56. The van der Waals surface area contributed by atoms with Crippen LogP contribution in [0.25, 0.3) is 0 Å². The quantitative estimate of drug-likeness (QED) is 0.795. The number of aromatic nitrogens is 1. The molecule has 0 saturated heterocycles. The highest BCUT2D eigenvalue weighted by molar-refractivity contribution is 5.21. The van der Waals surface area contributed by atoms with Crippen molar-refractivity contribution in [3.63, 3.8) is 0 Å². The Labute approximate surface area is 97.2 Å². The predicted molar refractivity (Wildman–Crippen MR) is 64.2 cm³/mol. The van der Waals surface area contributed by atoms with E-state index < -0.39 is 0 Å². The predicted octanol–water partition coefficient (Wildman–Crippen LogP) is 1.90. The van der Waals surface area contributed by atoms with Crippen LogP contribution >= 0.6 is 0 Å². The van der Waals surface area contributed by atoms with E-state index in [0.717, 1.165) is 19.1 Å². The van der Waals surface area contributed by atoms with Crippen LogP contribution in [0.3, 0.4) is 0 Å². The molecular formula is C13H20N2O. The van der Waals surface area contributed by atoms with Gasteiger partial charge in [-0.1, -0.05) is 0 Å². The molecule has 1 fully saturated rings. The van der Waals surface area contributed by atoms with E-state index in [1.54, 1.807) is 7.11 Å². The lowest BCUT2D eigenvalue weighted by atomic mass is 10.1. The second-order valence-electron chi connectivity index (χ2n) is 4.58. The van der Waals surface area contributed by atoms with E-state index in [1.165, 1.54) is 24.0 Å². The molecular weight excluding hydrogens is 200 g/mol. The maximum Gasteiger partial charge on any atom is 0.0618 e. The fourth-order valence-electron chi connectivity index (χ4n) is 1.96. The summed E-state index contributed by atoms with van der Waals surface area (Å²) in [5.74, 6) is 0.817. The van der Waals surface area contributed by atoms with E-state index in [2.05, 4.69) is 23.3 Å². The lowest BCUT2D eigenvalue weighted by Gasteiger charge is -2.17. The van der Waals surface area contributed by atoms with E-state index in [-0.39, 0.29) is 0 Å². The van der Waals surface area contributed by atoms with Crippen molar-refractivity contribution < 1.29 is 4.74 Å². The highest BCUT2D eigenvalue weighted by Crippen LogP contribution is 2.32. The number of nitrogens with zero attached hydrogens (tertiary/aromatic N) is 1. The van der Waals surface area contributed by atoms with Gasteiger partial charge in [-0.05, 0) is 42.9 Å². The second kappa shape index (κ2) is 5.41. The molecule has 1 aromatic heterocycles. The largest absolute Gasteiger partial charge is 0.383 e. The van der Waals surface area contributed by atoms with Crippen molar-refractivity contribution in [1.29, 1.82) is 0 Å². The molecule has 0 spiro atoms. The zero-order valence-corrected chi connectivity index (χ0v) is 10.1. The number of hydrogen-bond donors (Lipinski definition) is 1. The summed E-state index contributed by atoms with van der Waals surface area (Å²) in [7, 11) is 1.77. The van der Waals surface area contributed by atoms with Crippen molar-refractivity contribution >= 4 is 0 Å². The van der Waals surface area contributed by atoms with Gasteiger partial charge in [-0.25, -0.2) is 0 Å². The molecule has 2 rings (SSSR count). The molecule has 88 valence electrons. The van der Waals surface area contributed by atoms with Crippen LogP contribution in [-0.2, 0) is 11.3 Å². The second-order valence-corrected chi connectivity index (χ2v) is 4.58. The molecule has 3 nitrogen and oxygen atoms in total. The first-order valence-corrected chi connectivity index (χ1v) is 5.93. The van der Waals surface area contributed by atoms with Crippen molar-refractivity contribution in [2.75, 3.05) is 13.7 Å². The number of methoxy groups -OCH3 is 1. The lowest BCUT2D eigenvalue weighted by molar-refractivity contribution is 0.157. The molecule has 1 heterocycles. The standard InChI is InChI=1S/C13H20N2O/c1-10-5-6-14-7-12(10)8-15-13(9-16-2)11-3-4-11/h5-7,11,13,15H,3-4,8-9H2,1-2H3. The molecule has 0 amide bonds. The Morgan fingerprint density at radius 3 is 3.00 bits per heavy atom. The Morgan fingerprint density at radius 1 is 1.56 bits per heavy atom. The fraction of sp³-hybridized carbons (Fsp3) is 0.615. The summed E-state index contributed by atoms with van der Waals surface area (Å²) in [6.45, 7) is 3.83. The van der Waals surface area contributed by atoms with E-state index >= 15 is 0 Å². The van der Waals surface area contributed by atoms with Crippen molar-refractivity contribution in [3.05, 3.63) is 29.6 Å². The van der Waals surface area contributed by atoms with Crippen molar-refractivity contribution in [2.24, 2.45) is 5.92 Å². The van der Waals surface area contributed by atoms with Crippen LogP contribution in [0.2, 0.25) is 0 Å². The van der Waals surface area contributed by atoms with Gasteiger partial charge in [0.05, 0.1) is 6.61 Å². The van der Waals surface area contributed by atoms with Gasteiger partial charge in [0.2, 0.25) is 0 Å². The summed E-state index contributed by atoms with van der Waals surface area (Å²) < 4.78 is 5.25. The first-order chi connectivity index (χ1) is 7.81. The smallest absolute Gasteiger partial charge is 0.0618 e. The number of rotatable bonds is 6. The van der Waals surface area contributed by atoms with E-state index in [1.807, 2.05) is 12.4 Å². The zero-order chi connectivity index (χ0) is 11.4. The van der Waals surface area contributed by atoms with Gasteiger partial charge in [0.15, 0.2) is 0 Å². The average Bonchev–Trinajstić information content (AvgIpc) is 3.10. The maximum atomic E-state index is 5.25. The molecule has 1 saturated carbocycles. The number of pyridine rings is 1. The Hall–Kier alpha value is -0.930. The van der Waals surface area contributed by atoms with Gasteiger partial charge >= 0.3 is 0 Å². The SMILES string of the molecule is COCC(NCc1cnccc1C)C1CC1. The molecule has 0 aromatic carbocycles. The van der Waals surface area contributed by atoms with Crippen LogP contribution in [0.5, 0.6) is 0 Å². The molecule has 1 aliphatic rings. The Bertz CT molecular complexity index is 336. The van der Waals surface area contributed by atoms with Gasteiger partial charge in [-0.2, -0.15) is 0 Å². The molecule has 1 aliphatic carbocycles. The fourth-order valence-corrected chi connectivity index (χ4v) is 1.96. The molecule has 1 aromatic rings. The number of aryl methyl sites for hydroxylation is 1. The van der Waals surface area contributed by atoms with Crippen LogP contribution < -0.4 is 5.32 Å². The monoisotopic (exact) mass is 220 g/mol. The molecule has 1 unspecified atom stereocenters. The highest BCUT2D eigenvalue weighted by Gasteiger charge is 2.30. The first kappa shape index (κ1) is 11.6. The summed E-state index contributed by atoms with van der Waals surface area (Å²) in [6.07, 6.45) is 6.46. The highest BCUT2D eigenvalue weighted by atomic mass is 16.5. The van der Waals surface area contributed by atoms with Crippen molar-refractivity contribution in [3.8, 4) is 0 Å². The van der Waals surface area contributed by atoms with Crippen LogP contribution in [0, 0.1) is 12.8 Å². The third-order valence-electron chi connectivity index (χ3n) is 3.24. The van der Waals surface area contributed by atoms with Crippen LogP contribution in [0.4, 0.5) is 0 Å².